The lowest BCUT2D eigenvalue weighted by Gasteiger charge is -2.42. The number of allylic oxidation sites excluding steroid dienone is 6. The highest BCUT2D eigenvalue weighted by atomic mass is 35.5. The van der Waals surface area contributed by atoms with Crippen LogP contribution in [0.2, 0.25) is 5.02 Å². The molecule has 5 nitrogen and oxygen atoms in total. The van der Waals surface area contributed by atoms with Crippen LogP contribution in [0.4, 0.5) is 0 Å². The van der Waals surface area contributed by atoms with Gasteiger partial charge >= 0.3 is 0 Å². The maximum Gasteiger partial charge on any atom is 0.278 e. The predicted octanol–water partition coefficient (Wildman–Crippen LogP) is 8.15. The van der Waals surface area contributed by atoms with Gasteiger partial charge in [-0.05, 0) is 43.4 Å². The van der Waals surface area contributed by atoms with E-state index >= 15 is 0 Å². The minimum Gasteiger partial charge on any atom is -0.494 e. The number of halogens is 1. The first kappa shape index (κ1) is 30.9. The van der Waals surface area contributed by atoms with Crippen LogP contribution in [-0.2, 0) is 11.4 Å². The van der Waals surface area contributed by atoms with Crippen LogP contribution in [0.3, 0.4) is 0 Å². The van der Waals surface area contributed by atoms with E-state index in [0.29, 0.717) is 28.5 Å². The van der Waals surface area contributed by atoms with Crippen LogP contribution in [0, 0.1) is 0 Å². The number of likely N-dealkylation sites (N-methyl/N-ethyl adjacent to an activating group) is 1. The number of benzene rings is 2. The lowest BCUT2D eigenvalue weighted by molar-refractivity contribution is -0.872. The molecule has 1 unspecified atom stereocenters. The Morgan fingerprint density at radius 2 is 1.73 bits per heavy atom. The van der Waals surface area contributed by atoms with Gasteiger partial charge in [-0.25, -0.2) is 0 Å². The van der Waals surface area contributed by atoms with Crippen molar-refractivity contribution < 1.29 is 18.8 Å². The fourth-order valence-electron chi connectivity index (χ4n) is 5.63. The number of unbranched alkanes of at least 4 members (excludes halogenated alkanes) is 5. The number of ether oxygens (including phenoxy) is 2. The van der Waals surface area contributed by atoms with E-state index in [1.165, 1.54) is 24.1 Å². The van der Waals surface area contributed by atoms with Crippen molar-refractivity contribution in [1.82, 2.24) is 5.32 Å². The van der Waals surface area contributed by atoms with Crippen LogP contribution in [-0.4, -0.2) is 43.7 Å². The van der Waals surface area contributed by atoms with Crippen molar-refractivity contribution in [3.8, 4) is 11.5 Å². The molecule has 2 aromatic rings. The molecular weight excluding hydrogens is 532 g/mol. The Morgan fingerprint density at radius 3 is 2.49 bits per heavy atom. The van der Waals surface area contributed by atoms with Gasteiger partial charge in [-0.1, -0.05) is 91.9 Å². The summed E-state index contributed by atoms with van der Waals surface area (Å²) in [4.78, 5) is 13.2. The normalized spacial score (nSPS) is 19.4. The average Bonchev–Trinajstić information content (AvgIpc) is 2.94. The van der Waals surface area contributed by atoms with E-state index in [1.54, 1.807) is 0 Å². The third kappa shape index (κ3) is 9.24. The van der Waals surface area contributed by atoms with E-state index < -0.39 is 0 Å². The first-order chi connectivity index (χ1) is 19.9. The van der Waals surface area contributed by atoms with E-state index in [2.05, 4.69) is 43.7 Å². The number of amides is 1. The van der Waals surface area contributed by atoms with Gasteiger partial charge in [-0.3, -0.25) is 9.28 Å². The van der Waals surface area contributed by atoms with Crippen LogP contribution in [0.1, 0.15) is 69.8 Å². The summed E-state index contributed by atoms with van der Waals surface area (Å²) in [5, 5.41) is 3.81. The van der Waals surface area contributed by atoms with Crippen LogP contribution < -0.4 is 14.8 Å². The Hall–Kier alpha value is -3.02. The lowest BCUT2D eigenvalue weighted by Crippen LogP contribution is -2.56. The van der Waals surface area contributed by atoms with Crippen molar-refractivity contribution in [2.75, 3.05) is 27.2 Å². The molecule has 2 aromatic carbocycles. The molecular formula is C35H46ClN2O3+. The second-order valence-corrected chi connectivity index (χ2v) is 11.9. The van der Waals surface area contributed by atoms with Crippen molar-refractivity contribution in [3.63, 3.8) is 0 Å². The topological polar surface area (TPSA) is 47.6 Å². The molecule has 0 spiro atoms. The number of nitrogens with zero attached hydrogens (tertiary/aromatic N) is 1. The first-order valence-electron chi connectivity index (χ1n) is 15.2. The standard InChI is InChI=1S/C35H45ClN2O3/c1-38(2)32-22-20-29(32)18-12-5-6-13-19-33(38)35(39)37-24-14-7-3-4-8-15-25-40-30-21-23-34(31(36)26-30)41-27-28-16-10-9-11-17-28/h5-6,9-12,16-18,21,23,26,33H,3-4,7-8,13-15,19-20,22,24-25,27H2,1-2H3/p+1/b6-5-,18-12-. The Bertz CT molecular complexity index is 1220. The van der Waals surface area contributed by atoms with Gasteiger partial charge in [0, 0.05) is 31.0 Å². The molecule has 0 fully saturated rings. The van der Waals surface area contributed by atoms with E-state index in [4.69, 9.17) is 21.1 Å². The highest BCUT2D eigenvalue weighted by Gasteiger charge is 2.41. The van der Waals surface area contributed by atoms with Gasteiger partial charge in [-0.15, -0.1) is 0 Å². The summed E-state index contributed by atoms with van der Waals surface area (Å²) in [5.74, 6) is 1.63. The lowest BCUT2D eigenvalue weighted by atomic mass is 9.89. The largest absolute Gasteiger partial charge is 0.494 e. The monoisotopic (exact) mass is 577 g/mol. The van der Waals surface area contributed by atoms with Crippen LogP contribution >= 0.6 is 11.6 Å². The van der Waals surface area contributed by atoms with Crippen LogP contribution in [0.25, 0.3) is 0 Å². The summed E-state index contributed by atoms with van der Waals surface area (Å²) < 4.78 is 12.4. The van der Waals surface area contributed by atoms with Gasteiger partial charge in [0.25, 0.3) is 5.91 Å². The maximum atomic E-state index is 13.2. The summed E-state index contributed by atoms with van der Waals surface area (Å²) in [7, 11) is 4.40. The van der Waals surface area contributed by atoms with Crippen molar-refractivity contribution in [2.45, 2.75) is 76.9 Å². The van der Waals surface area contributed by atoms with E-state index in [-0.39, 0.29) is 11.9 Å². The molecule has 1 N–H and O–H groups in total. The zero-order chi connectivity index (χ0) is 28.9. The van der Waals surface area contributed by atoms with Gasteiger partial charge in [0.15, 0.2) is 6.04 Å². The van der Waals surface area contributed by atoms with Crippen molar-refractivity contribution >= 4 is 17.5 Å². The zero-order valence-electron chi connectivity index (χ0n) is 24.7. The number of hydrogen-bond donors (Lipinski definition) is 1. The van der Waals surface area contributed by atoms with Crippen molar-refractivity contribution in [3.05, 3.63) is 94.7 Å². The van der Waals surface area contributed by atoms with Gasteiger partial charge in [0.2, 0.25) is 0 Å². The SMILES string of the molecule is C[N+]1(C)C2=C(/C=C\C=C/CCC1C(=O)NCCCCCCCCOc1ccc(OCc3ccccc3)c(Cl)c1)CC2. The molecule has 0 saturated heterocycles. The predicted molar refractivity (Wildman–Crippen MR) is 168 cm³/mol. The Balaban J connectivity index is 1.06. The van der Waals surface area contributed by atoms with E-state index in [9.17, 15) is 4.79 Å². The molecule has 41 heavy (non-hydrogen) atoms. The quantitative estimate of drug-likeness (QED) is 0.182. The van der Waals surface area contributed by atoms with Crippen LogP contribution in [0.5, 0.6) is 11.5 Å². The first-order valence-corrected chi connectivity index (χ1v) is 15.6. The highest BCUT2D eigenvalue weighted by molar-refractivity contribution is 6.32. The summed E-state index contributed by atoms with van der Waals surface area (Å²) >= 11 is 6.40. The van der Waals surface area contributed by atoms with Gasteiger partial charge < -0.3 is 14.8 Å². The molecule has 1 atom stereocenters. The molecule has 220 valence electrons. The molecule has 0 bridgehead atoms. The Labute approximate surface area is 251 Å². The van der Waals surface area contributed by atoms with Gasteiger partial charge in [0.1, 0.15) is 23.8 Å². The third-order valence-corrected chi connectivity index (χ3v) is 8.51. The Kier molecular flexibility index (Phi) is 11.9. The molecule has 4 rings (SSSR count). The molecule has 0 saturated carbocycles. The number of quaternary nitrogens is 1. The van der Waals surface area contributed by atoms with Crippen molar-refractivity contribution in [1.29, 1.82) is 0 Å². The van der Waals surface area contributed by atoms with Gasteiger partial charge in [-0.2, -0.15) is 0 Å². The van der Waals surface area contributed by atoms with E-state index in [1.807, 2.05) is 48.5 Å². The molecule has 1 aliphatic heterocycles. The fourth-order valence-corrected chi connectivity index (χ4v) is 5.86. The molecule has 0 radical (unpaired) electrons. The van der Waals surface area contributed by atoms with Crippen LogP contribution in [0.15, 0.2) is 84.1 Å². The summed E-state index contributed by atoms with van der Waals surface area (Å²) in [5.41, 5.74) is 3.91. The Morgan fingerprint density at radius 1 is 0.951 bits per heavy atom. The minimum absolute atomic E-state index is 0.0376. The number of hydrogen-bond acceptors (Lipinski definition) is 3. The zero-order valence-corrected chi connectivity index (χ0v) is 25.5. The summed E-state index contributed by atoms with van der Waals surface area (Å²) in [6, 6.07) is 15.6. The average molecular weight is 578 g/mol. The van der Waals surface area contributed by atoms with Crippen molar-refractivity contribution in [2.24, 2.45) is 0 Å². The minimum atomic E-state index is -0.0376. The summed E-state index contributed by atoms with van der Waals surface area (Å²) in [6.07, 6.45) is 19.3. The number of rotatable bonds is 14. The maximum absolute atomic E-state index is 13.2. The molecule has 2 aliphatic rings. The molecule has 1 heterocycles. The molecule has 1 amide bonds. The number of carbonyl (C=O) groups excluding carboxylic acids is 1. The number of carbonyl (C=O) groups is 1. The summed E-state index contributed by atoms with van der Waals surface area (Å²) in [6.45, 7) is 1.92. The smallest absolute Gasteiger partial charge is 0.278 e. The molecule has 1 aliphatic carbocycles. The second-order valence-electron chi connectivity index (χ2n) is 11.5. The van der Waals surface area contributed by atoms with E-state index in [0.717, 1.165) is 69.2 Å². The molecule has 0 aromatic heterocycles. The third-order valence-electron chi connectivity index (χ3n) is 8.21. The highest BCUT2D eigenvalue weighted by Crippen LogP contribution is 2.37. The second kappa shape index (κ2) is 15.8. The van der Waals surface area contributed by atoms with Gasteiger partial charge in [0.05, 0.1) is 25.7 Å². The number of nitrogens with one attached hydrogen (secondary N) is 1. The molecule has 6 heteroatoms. The fraction of sp³-hybridized carbons (Fsp3) is 0.457.